The zero-order chi connectivity index (χ0) is 16.4. The van der Waals surface area contributed by atoms with E-state index in [1.54, 1.807) is 6.20 Å². The van der Waals surface area contributed by atoms with Crippen LogP contribution in [0.5, 0.6) is 0 Å². The van der Waals surface area contributed by atoms with Crippen molar-refractivity contribution in [2.24, 2.45) is 0 Å². The van der Waals surface area contributed by atoms with Gasteiger partial charge >= 0.3 is 0 Å². The van der Waals surface area contributed by atoms with E-state index in [1.165, 1.54) is 28.1 Å². The number of nitrogens with zero attached hydrogens (tertiary/aromatic N) is 4. The molecule has 0 unspecified atom stereocenters. The molecule has 0 atom stereocenters. The second kappa shape index (κ2) is 6.56. The van der Waals surface area contributed by atoms with Gasteiger partial charge in [-0.15, -0.1) is 5.10 Å². The molecule has 0 amide bonds. The van der Waals surface area contributed by atoms with Crippen molar-refractivity contribution in [2.45, 2.75) is 37.8 Å². The molecule has 0 radical (unpaired) electrons. The summed E-state index contributed by atoms with van der Waals surface area (Å²) in [7, 11) is 0. The number of nitrogens with one attached hydrogen (secondary N) is 2. The Morgan fingerprint density at radius 1 is 1.00 bits per heavy atom. The van der Waals surface area contributed by atoms with Crippen LogP contribution in [0.1, 0.15) is 25.7 Å². The summed E-state index contributed by atoms with van der Waals surface area (Å²) in [5.74, 6) is 0.936. The summed E-state index contributed by atoms with van der Waals surface area (Å²) in [6, 6.07) is 8.16. The van der Waals surface area contributed by atoms with E-state index in [9.17, 15) is 4.79 Å². The molecule has 3 aromatic rings. The maximum absolute atomic E-state index is 11.7. The Morgan fingerprint density at radius 2 is 1.79 bits per heavy atom. The minimum Gasteiger partial charge on any atom is -0.367 e. The second-order valence-electron chi connectivity index (χ2n) is 5.94. The van der Waals surface area contributed by atoms with Crippen molar-refractivity contribution < 1.29 is 0 Å². The average Bonchev–Trinajstić information content (AvgIpc) is 3.02. The quantitative estimate of drug-likeness (QED) is 0.757. The monoisotopic (exact) mass is 342 g/mol. The number of hydrogen-bond acceptors (Lipinski definition) is 7. The van der Waals surface area contributed by atoms with Gasteiger partial charge in [0.2, 0.25) is 10.1 Å². The van der Waals surface area contributed by atoms with Crippen LogP contribution in [0.2, 0.25) is 0 Å². The zero-order valence-electron chi connectivity index (χ0n) is 13.1. The van der Waals surface area contributed by atoms with Crippen molar-refractivity contribution in [1.29, 1.82) is 0 Å². The maximum Gasteiger partial charge on any atom is 0.275 e. The van der Waals surface area contributed by atoms with E-state index in [2.05, 4.69) is 25.7 Å². The second-order valence-corrected chi connectivity index (χ2v) is 6.89. The molecule has 7 nitrogen and oxygen atoms in total. The summed E-state index contributed by atoms with van der Waals surface area (Å²) in [5, 5.41) is 12.0. The summed E-state index contributed by atoms with van der Waals surface area (Å²) in [6.07, 6.45) is 7.60. The topological polar surface area (TPSA) is 84.2 Å². The highest BCUT2D eigenvalue weighted by atomic mass is 32.1. The first-order chi connectivity index (χ1) is 11.8. The lowest BCUT2D eigenvalue weighted by Gasteiger charge is -2.29. The molecule has 1 saturated carbocycles. The van der Waals surface area contributed by atoms with Gasteiger partial charge in [-0.2, -0.15) is 4.52 Å². The van der Waals surface area contributed by atoms with E-state index >= 15 is 0 Å². The molecule has 24 heavy (non-hydrogen) atoms. The summed E-state index contributed by atoms with van der Waals surface area (Å²) in [4.78, 5) is 20.8. The predicted octanol–water partition coefficient (Wildman–Crippen LogP) is 2.38. The molecule has 0 aliphatic heterocycles. The summed E-state index contributed by atoms with van der Waals surface area (Å²) in [5.41, 5.74) is -0.146. The highest BCUT2D eigenvalue weighted by molar-refractivity contribution is 7.20. The third kappa shape index (κ3) is 3.23. The highest BCUT2D eigenvalue weighted by Crippen LogP contribution is 2.25. The van der Waals surface area contributed by atoms with Gasteiger partial charge in [-0.1, -0.05) is 17.4 Å². The van der Waals surface area contributed by atoms with Gasteiger partial charge in [-0.3, -0.25) is 4.79 Å². The van der Waals surface area contributed by atoms with Crippen LogP contribution in [-0.2, 0) is 0 Å². The van der Waals surface area contributed by atoms with Crippen LogP contribution in [0.15, 0.2) is 41.5 Å². The fraction of sp³-hybridized carbons (Fsp3) is 0.375. The van der Waals surface area contributed by atoms with Crippen molar-refractivity contribution in [1.82, 2.24) is 19.6 Å². The number of anilines is 2. The van der Waals surface area contributed by atoms with Gasteiger partial charge in [0, 0.05) is 30.5 Å². The van der Waals surface area contributed by atoms with E-state index in [-0.39, 0.29) is 5.56 Å². The van der Waals surface area contributed by atoms with E-state index in [0.717, 1.165) is 36.6 Å². The average molecular weight is 342 g/mol. The lowest BCUT2D eigenvalue weighted by atomic mass is 9.91. The molecule has 0 spiro atoms. The number of aromatic nitrogens is 4. The van der Waals surface area contributed by atoms with Gasteiger partial charge in [-0.25, -0.2) is 9.97 Å². The summed E-state index contributed by atoms with van der Waals surface area (Å²) < 4.78 is 1.35. The van der Waals surface area contributed by atoms with E-state index in [0.29, 0.717) is 17.0 Å². The van der Waals surface area contributed by atoms with Gasteiger partial charge in [0.25, 0.3) is 5.56 Å². The van der Waals surface area contributed by atoms with Crippen molar-refractivity contribution >= 4 is 27.2 Å². The number of hydrogen-bond donors (Lipinski definition) is 2. The Labute approximate surface area is 142 Å². The van der Waals surface area contributed by atoms with Crippen LogP contribution < -0.4 is 16.2 Å². The summed E-state index contributed by atoms with van der Waals surface area (Å²) >= 11 is 1.41. The number of fused-ring (bicyclic) bond motifs is 1. The lowest BCUT2D eigenvalue weighted by Crippen LogP contribution is -2.32. The van der Waals surface area contributed by atoms with Crippen LogP contribution in [0.3, 0.4) is 0 Å². The first-order valence-electron chi connectivity index (χ1n) is 8.07. The largest absolute Gasteiger partial charge is 0.367 e. The van der Waals surface area contributed by atoms with Crippen molar-refractivity contribution in [3.63, 3.8) is 0 Å². The molecule has 1 aliphatic rings. The van der Waals surface area contributed by atoms with Crippen molar-refractivity contribution in [3.05, 3.63) is 47.0 Å². The van der Waals surface area contributed by atoms with Gasteiger partial charge < -0.3 is 10.6 Å². The SMILES string of the molecule is O=c1ccnc2sc(NC3CCC(Nc4ccccn4)CC3)nn12. The molecule has 1 aliphatic carbocycles. The molecule has 3 aromatic heterocycles. The molecule has 0 aromatic carbocycles. The fourth-order valence-electron chi connectivity index (χ4n) is 3.02. The van der Waals surface area contributed by atoms with Crippen LogP contribution in [0, 0.1) is 0 Å². The third-order valence-corrected chi connectivity index (χ3v) is 5.10. The highest BCUT2D eigenvalue weighted by Gasteiger charge is 2.22. The smallest absolute Gasteiger partial charge is 0.275 e. The molecule has 0 bridgehead atoms. The van der Waals surface area contributed by atoms with Crippen molar-refractivity contribution in [3.8, 4) is 0 Å². The molecular formula is C16H18N6OS. The van der Waals surface area contributed by atoms with Crippen LogP contribution >= 0.6 is 11.3 Å². The molecular weight excluding hydrogens is 324 g/mol. The molecule has 8 heteroatoms. The fourth-order valence-corrected chi connectivity index (χ4v) is 3.87. The van der Waals surface area contributed by atoms with Crippen molar-refractivity contribution in [2.75, 3.05) is 10.6 Å². The van der Waals surface area contributed by atoms with Gasteiger partial charge in [0.05, 0.1) is 0 Å². The predicted molar refractivity (Wildman–Crippen MR) is 94.7 cm³/mol. The Kier molecular flexibility index (Phi) is 4.12. The molecule has 124 valence electrons. The molecule has 2 N–H and O–H groups in total. The van der Waals surface area contributed by atoms with E-state index in [1.807, 2.05) is 18.2 Å². The van der Waals surface area contributed by atoms with Crippen LogP contribution in [0.4, 0.5) is 10.9 Å². The molecule has 3 heterocycles. The Balaban J connectivity index is 1.35. The first kappa shape index (κ1) is 15.1. The van der Waals surface area contributed by atoms with Crippen LogP contribution in [-0.4, -0.2) is 31.7 Å². The minimum absolute atomic E-state index is 0.146. The Bertz CT molecular complexity index is 869. The Morgan fingerprint density at radius 3 is 2.50 bits per heavy atom. The third-order valence-electron chi connectivity index (χ3n) is 4.24. The summed E-state index contributed by atoms with van der Waals surface area (Å²) in [6.45, 7) is 0. The van der Waals surface area contributed by atoms with Crippen LogP contribution in [0.25, 0.3) is 4.96 Å². The maximum atomic E-state index is 11.7. The number of rotatable bonds is 4. The minimum atomic E-state index is -0.146. The first-order valence-corrected chi connectivity index (χ1v) is 8.88. The Hall–Kier alpha value is -2.48. The van der Waals surface area contributed by atoms with Gasteiger partial charge in [0.15, 0.2) is 0 Å². The number of pyridine rings is 1. The lowest BCUT2D eigenvalue weighted by molar-refractivity contribution is 0.428. The normalized spacial score (nSPS) is 20.8. The molecule has 0 saturated heterocycles. The molecule has 1 fully saturated rings. The van der Waals surface area contributed by atoms with E-state index < -0.39 is 0 Å². The van der Waals surface area contributed by atoms with Gasteiger partial charge in [0.1, 0.15) is 5.82 Å². The van der Waals surface area contributed by atoms with Gasteiger partial charge in [-0.05, 0) is 37.8 Å². The zero-order valence-corrected chi connectivity index (χ0v) is 13.9. The standard InChI is InChI=1S/C16H18N6OS/c23-14-8-10-18-16-22(14)21-15(24-16)20-12-6-4-11(5-7-12)19-13-3-1-2-9-17-13/h1-3,8-12H,4-7H2,(H,17,19)(H,20,21). The molecule has 4 rings (SSSR count). The van der Waals surface area contributed by atoms with E-state index in [4.69, 9.17) is 0 Å².